The first-order valence-electron chi connectivity index (χ1n) is 8.57. The predicted molar refractivity (Wildman–Crippen MR) is 97.7 cm³/mol. The van der Waals surface area contributed by atoms with Gasteiger partial charge in [-0.15, -0.1) is 11.8 Å². The van der Waals surface area contributed by atoms with Gasteiger partial charge in [0.05, 0.1) is 11.5 Å². The number of carbonyl (C=O) groups excluding carboxylic acids is 3. The van der Waals surface area contributed by atoms with Gasteiger partial charge < -0.3 is 19.5 Å². The van der Waals surface area contributed by atoms with Gasteiger partial charge in [-0.05, 0) is 25.2 Å². The van der Waals surface area contributed by atoms with Gasteiger partial charge in [0.2, 0.25) is 5.91 Å². The van der Waals surface area contributed by atoms with Crippen LogP contribution in [0.25, 0.3) is 0 Å². The number of hydrogen-bond donors (Lipinski definition) is 1. The minimum atomic E-state index is -0.508. The number of carbonyl (C=O) groups is 3. The lowest BCUT2D eigenvalue weighted by molar-refractivity contribution is -0.151. The Morgan fingerprint density at radius 3 is 2.62 bits per heavy atom. The van der Waals surface area contributed by atoms with Crippen LogP contribution in [0.15, 0.2) is 10.6 Å². The van der Waals surface area contributed by atoms with Gasteiger partial charge >= 0.3 is 5.97 Å². The van der Waals surface area contributed by atoms with Gasteiger partial charge in [-0.25, -0.2) is 0 Å². The molecule has 0 saturated carbocycles. The monoisotopic (exact) mass is 383 g/mol. The van der Waals surface area contributed by atoms with Crippen molar-refractivity contribution >= 4 is 35.4 Å². The van der Waals surface area contributed by atoms with Crippen LogP contribution in [-0.4, -0.2) is 59.0 Å². The average Bonchev–Trinajstić information content (AvgIpc) is 2.96. The predicted octanol–water partition coefficient (Wildman–Crippen LogP) is 1.70. The molecule has 1 aliphatic rings. The molecule has 1 saturated heterocycles. The first kappa shape index (κ1) is 20.3. The molecule has 2 amide bonds. The minimum Gasteiger partial charge on any atom is -0.455 e. The fourth-order valence-corrected chi connectivity index (χ4v) is 3.58. The largest absolute Gasteiger partial charge is 0.455 e. The van der Waals surface area contributed by atoms with Gasteiger partial charge in [0, 0.05) is 19.2 Å². The topological polar surface area (TPSA) is 102 Å². The quantitative estimate of drug-likeness (QED) is 0.715. The third-order valence-corrected chi connectivity index (χ3v) is 4.83. The lowest BCUT2D eigenvalue weighted by Gasteiger charge is -2.34. The first-order valence-corrected chi connectivity index (χ1v) is 9.73. The number of anilines is 1. The number of esters is 1. The number of aromatic nitrogens is 1. The Morgan fingerprint density at radius 2 is 2.00 bits per heavy atom. The van der Waals surface area contributed by atoms with Crippen molar-refractivity contribution < 1.29 is 23.6 Å². The van der Waals surface area contributed by atoms with E-state index in [0.29, 0.717) is 36.5 Å². The number of amides is 2. The van der Waals surface area contributed by atoms with Crippen LogP contribution in [0.4, 0.5) is 5.82 Å². The molecular weight excluding hydrogens is 358 g/mol. The number of hydrogen-bond acceptors (Lipinski definition) is 7. The second-order valence-corrected chi connectivity index (χ2v) is 7.75. The fraction of sp³-hybridized carbons (Fsp3) is 0.647. The SMILES string of the molecule is Cc1cc(NC(=O)CSCC(=O)OCC(=O)N2C[C@H](C)C[C@@H](C)C2)no1. The molecule has 1 fully saturated rings. The highest BCUT2D eigenvalue weighted by Gasteiger charge is 2.25. The Morgan fingerprint density at radius 1 is 1.31 bits per heavy atom. The molecule has 1 aromatic heterocycles. The Labute approximate surface area is 157 Å². The molecule has 1 aromatic rings. The summed E-state index contributed by atoms with van der Waals surface area (Å²) in [6.07, 6.45) is 1.11. The zero-order valence-corrected chi connectivity index (χ0v) is 16.1. The highest BCUT2D eigenvalue weighted by Crippen LogP contribution is 2.20. The van der Waals surface area contributed by atoms with E-state index in [9.17, 15) is 14.4 Å². The van der Waals surface area contributed by atoms with E-state index in [0.717, 1.165) is 18.2 Å². The number of nitrogens with one attached hydrogen (secondary N) is 1. The summed E-state index contributed by atoms with van der Waals surface area (Å²) >= 11 is 1.11. The number of likely N-dealkylation sites (tertiary alicyclic amines) is 1. The van der Waals surface area contributed by atoms with Crippen molar-refractivity contribution in [3.63, 3.8) is 0 Å². The summed E-state index contributed by atoms with van der Waals surface area (Å²) in [6, 6.07) is 1.60. The van der Waals surface area contributed by atoms with Gasteiger partial charge in [0.15, 0.2) is 12.4 Å². The highest BCUT2D eigenvalue weighted by molar-refractivity contribution is 8.00. The first-order chi connectivity index (χ1) is 12.3. The van der Waals surface area contributed by atoms with Gasteiger partial charge in [-0.2, -0.15) is 0 Å². The maximum atomic E-state index is 12.1. The van der Waals surface area contributed by atoms with Crippen molar-refractivity contribution in [2.75, 3.05) is 36.5 Å². The molecule has 2 heterocycles. The summed E-state index contributed by atoms with van der Waals surface area (Å²) < 4.78 is 9.86. The zero-order chi connectivity index (χ0) is 19.1. The van der Waals surface area contributed by atoms with E-state index >= 15 is 0 Å². The van der Waals surface area contributed by atoms with E-state index in [1.807, 2.05) is 0 Å². The van der Waals surface area contributed by atoms with Crippen LogP contribution >= 0.6 is 11.8 Å². The Bertz CT molecular complexity index is 638. The zero-order valence-electron chi connectivity index (χ0n) is 15.3. The summed E-state index contributed by atoms with van der Waals surface area (Å²) in [6.45, 7) is 7.12. The molecule has 8 nitrogen and oxygen atoms in total. The lowest BCUT2D eigenvalue weighted by Crippen LogP contribution is -2.44. The molecule has 0 bridgehead atoms. The van der Waals surface area contributed by atoms with E-state index in [1.54, 1.807) is 17.9 Å². The number of rotatable bonds is 7. The van der Waals surface area contributed by atoms with Gasteiger partial charge in [-0.3, -0.25) is 14.4 Å². The Hall–Kier alpha value is -2.03. The number of nitrogens with zero attached hydrogens (tertiary/aromatic N) is 2. The number of aryl methyl sites for hydroxylation is 1. The molecule has 0 aliphatic carbocycles. The Kier molecular flexibility index (Phi) is 7.50. The molecule has 2 rings (SSSR count). The summed E-state index contributed by atoms with van der Waals surface area (Å²) in [4.78, 5) is 37.3. The normalized spacial score (nSPS) is 19.9. The average molecular weight is 383 g/mol. The van der Waals surface area contributed by atoms with E-state index in [1.165, 1.54) is 0 Å². The molecule has 1 aliphatic heterocycles. The molecule has 0 aromatic carbocycles. The lowest BCUT2D eigenvalue weighted by atomic mass is 9.92. The number of piperidine rings is 1. The summed E-state index contributed by atoms with van der Waals surface area (Å²) in [5.41, 5.74) is 0. The minimum absolute atomic E-state index is 0.00531. The maximum absolute atomic E-state index is 12.1. The molecule has 1 N–H and O–H groups in total. The third-order valence-electron chi connectivity index (χ3n) is 3.93. The summed E-state index contributed by atoms with van der Waals surface area (Å²) in [5.74, 6) is 0.976. The van der Waals surface area contributed by atoms with Crippen LogP contribution in [0.1, 0.15) is 26.0 Å². The molecule has 0 radical (unpaired) electrons. The Balaban J connectivity index is 1.61. The molecule has 2 atom stereocenters. The fourth-order valence-electron chi connectivity index (χ4n) is 2.97. The van der Waals surface area contributed by atoms with E-state index < -0.39 is 5.97 Å². The van der Waals surface area contributed by atoms with Gasteiger partial charge in [-0.1, -0.05) is 19.0 Å². The molecule has 9 heteroatoms. The molecular formula is C17H25N3O5S. The standard InChI is InChI=1S/C17H25N3O5S/c1-11-4-12(2)7-20(6-11)16(22)8-24-17(23)10-26-9-15(21)18-14-5-13(3)25-19-14/h5,11-12H,4,6-10H2,1-3H3,(H,18,19,21)/t11-,12-/m1/s1. The second kappa shape index (κ2) is 9.61. The van der Waals surface area contributed by atoms with E-state index in [2.05, 4.69) is 24.3 Å². The molecule has 144 valence electrons. The van der Waals surface area contributed by atoms with Crippen LogP contribution in [0.2, 0.25) is 0 Å². The van der Waals surface area contributed by atoms with Crippen LogP contribution in [-0.2, 0) is 19.1 Å². The second-order valence-electron chi connectivity index (χ2n) is 6.77. The van der Waals surface area contributed by atoms with Gasteiger partial charge in [0.25, 0.3) is 5.91 Å². The van der Waals surface area contributed by atoms with Gasteiger partial charge in [0.1, 0.15) is 5.76 Å². The van der Waals surface area contributed by atoms with Crippen molar-refractivity contribution in [2.24, 2.45) is 11.8 Å². The summed E-state index contributed by atoms with van der Waals surface area (Å²) in [5, 5.41) is 6.21. The van der Waals surface area contributed by atoms with Crippen LogP contribution in [0.3, 0.4) is 0 Å². The number of thioether (sulfide) groups is 1. The van der Waals surface area contributed by atoms with E-state index in [4.69, 9.17) is 9.26 Å². The third kappa shape index (κ3) is 6.70. The molecule has 26 heavy (non-hydrogen) atoms. The summed E-state index contributed by atoms with van der Waals surface area (Å²) in [7, 11) is 0. The van der Waals surface area contributed by atoms with Crippen molar-refractivity contribution in [1.29, 1.82) is 0 Å². The number of ether oxygens (including phenoxy) is 1. The van der Waals surface area contributed by atoms with Crippen LogP contribution in [0.5, 0.6) is 0 Å². The maximum Gasteiger partial charge on any atom is 0.316 e. The van der Waals surface area contributed by atoms with Crippen molar-refractivity contribution in [3.05, 3.63) is 11.8 Å². The van der Waals surface area contributed by atoms with Crippen LogP contribution in [0, 0.1) is 18.8 Å². The van der Waals surface area contributed by atoms with E-state index in [-0.39, 0.29) is 29.9 Å². The van der Waals surface area contributed by atoms with Crippen molar-refractivity contribution in [2.45, 2.75) is 27.2 Å². The highest BCUT2D eigenvalue weighted by atomic mass is 32.2. The van der Waals surface area contributed by atoms with Crippen molar-refractivity contribution in [1.82, 2.24) is 10.1 Å². The van der Waals surface area contributed by atoms with Crippen molar-refractivity contribution in [3.8, 4) is 0 Å². The molecule has 0 unspecified atom stereocenters. The smallest absolute Gasteiger partial charge is 0.316 e. The van der Waals surface area contributed by atoms with Crippen LogP contribution < -0.4 is 5.32 Å². The molecule has 0 spiro atoms.